The van der Waals surface area contributed by atoms with Gasteiger partial charge in [0, 0.05) is 33.2 Å². The lowest BCUT2D eigenvalue weighted by atomic mass is 9.98. The summed E-state index contributed by atoms with van der Waals surface area (Å²) in [5.74, 6) is -0.431. The number of aryl methyl sites for hydroxylation is 1. The summed E-state index contributed by atoms with van der Waals surface area (Å²) >= 11 is 0. The molecule has 1 aliphatic heterocycles. The molecule has 1 N–H and O–H groups in total. The SMILES string of the molecule is Cc1cc(F)ccc1C1CNCCN1C(=O)N(C)Cc1cc(C(F)(F)F)cc(C(F)(F)F)c1.Cl. The van der Waals surface area contributed by atoms with Gasteiger partial charge in [0.1, 0.15) is 5.82 Å². The molecule has 0 aromatic heterocycles. The number of hydrogen-bond acceptors (Lipinski definition) is 2. The molecule has 2 amide bonds. The smallest absolute Gasteiger partial charge is 0.323 e. The third-order valence-electron chi connectivity index (χ3n) is 5.47. The Morgan fingerprint density at radius 1 is 1.06 bits per heavy atom. The first-order chi connectivity index (χ1) is 15.3. The van der Waals surface area contributed by atoms with Gasteiger partial charge in [0.25, 0.3) is 0 Å². The van der Waals surface area contributed by atoms with Gasteiger partial charge in [0.05, 0.1) is 17.2 Å². The van der Waals surface area contributed by atoms with Crippen molar-refractivity contribution in [3.63, 3.8) is 0 Å². The van der Waals surface area contributed by atoms with Crippen LogP contribution in [0.4, 0.5) is 35.5 Å². The van der Waals surface area contributed by atoms with E-state index in [-0.39, 0.29) is 30.6 Å². The van der Waals surface area contributed by atoms with E-state index in [2.05, 4.69) is 5.32 Å². The second kappa shape index (κ2) is 10.4. The number of benzene rings is 2. The fourth-order valence-corrected chi connectivity index (χ4v) is 3.90. The van der Waals surface area contributed by atoms with Crippen molar-refractivity contribution in [1.82, 2.24) is 15.1 Å². The molecule has 2 aromatic carbocycles. The monoisotopic (exact) mass is 513 g/mol. The van der Waals surface area contributed by atoms with Crippen molar-refractivity contribution in [2.45, 2.75) is 31.9 Å². The third-order valence-corrected chi connectivity index (χ3v) is 5.47. The molecule has 1 saturated heterocycles. The van der Waals surface area contributed by atoms with E-state index in [0.717, 1.165) is 4.90 Å². The predicted octanol–water partition coefficient (Wildman–Crippen LogP) is 5.79. The molecule has 0 saturated carbocycles. The van der Waals surface area contributed by atoms with Crippen LogP contribution in [-0.4, -0.2) is 42.5 Å². The zero-order valence-corrected chi connectivity index (χ0v) is 19.0. The molecule has 0 aliphatic carbocycles. The number of hydrogen-bond donors (Lipinski definition) is 1. The van der Waals surface area contributed by atoms with E-state index in [1.165, 1.54) is 24.1 Å². The molecule has 0 radical (unpaired) electrons. The average molecular weight is 514 g/mol. The summed E-state index contributed by atoms with van der Waals surface area (Å²) in [5, 5.41) is 3.14. The first kappa shape index (κ1) is 27.7. The lowest BCUT2D eigenvalue weighted by Crippen LogP contribution is -2.52. The fraction of sp³-hybridized carbons (Fsp3) is 0.409. The van der Waals surface area contributed by atoms with Crippen LogP contribution >= 0.6 is 12.4 Å². The first-order valence-electron chi connectivity index (χ1n) is 10.0. The maximum Gasteiger partial charge on any atom is 0.416 e. The molecule has 0 spiro atoms. The molecule has 188 valence electrons. The minimum atomic E-state index is -4.97. The van der Waals surface area contributed by atoms with Crippen molar-refractivity contribution in [2.24, 2.45) is 0 Å². The summed E-state index contributed by atoms with van der Waals surface area (Å²) in [6.07, 6.45) is -9.94. The van der Waals surface area contributed by atoms with E-state index in [1.807, 2.05) is 0 Å². The molecule has 1 atom stereocenters. The lowest BCUT2D eigenvalue weighted by Gasteiger charge is -2.39. The Labute approximate surface area is 198 Å². The summed E-state index contributed by atoms with van der Waals surface area (Å²) < 4.78 is 92.3. The van der Waals surface area contributed by atoms with Crippen LogP contribution in [0.3, 0.4) is 0 Å². The Kier molecular flexibility index (Phi) is 8.47. The molecule has 4 nitrogen and oxygen atoms in total. The molecule has 12 heteroatoms. The van der Waals surface area contributed by atoms with Gasteiger partial charge in [-0.1, -0.05) is 6.07 Å². The second-order valence-electron chi connectivity index (χ2n) is 7.97. The van der Waals surface area contributed by atoms with Gasteiger partial charge in [-0.05, 0) is 53.9 Å². The van der Waals surface area contributed by atoms with Gasteiger partial charge in [0.2, 0.25) is 0 Å². The number of nitrogens with zero attached hydrogens (tertiary/aromatic N) is 2. The molecule has 0 bridgehead atoms. The Bertz CT molecular complexity index is 994. The van der Waals surface area contributed by atoms with E-state index in [9.17, 15) is 35.5 Å². The van der Waals surface area contributed by atoms with Gasteiger partial charge in [-0.3, -0.25) is 0 Å². The predicted molar refractivity (Wildman–Crippen MR) is 114 cm³/mol. The average Bonchev–Trinajstić information content (AvgIpc) is 2.72. The van der Waals surface area contributed by atoms with Crippen LogP contribution in [0.25, 0.3) is 0 Å². The third kappa shape index (κ3) is 6.32. The van der Waals surface area contributed by atoms with E-state index in [1.54, 1.807) is 13.0 Å². The Balaban J connectivity index is 0.00000408. The number of rotatable bonds is 3. The normalized spacial score (nSPS) is 16.7. The van der Waals surface area contributed by atoms with Crippen LogP contribution in [-0.2, 0) is 18.9 Å². The summed E-state index contributed by atoms with van der Waals surface area (Å²) in [6.45, 7) is 2.33. The molecule has 1 unspecified atom stereocenters. The highest BCUT2D eigenvalue weighted by Gasteiger charge is 2.37. The molecule has 1 fully saturated rings. The van der Waals surface area contributed by atoms with Gasteiger partial charge in [-0.15, -0.1) is 12.4 Å². The Morgan fingerprint density at radius 3 is 2.18 bits per heavy atom. The molecule has 1 heterocycles. The van der Waals surface area contributed by atoms with Crippen molar-refractivity contribution < 1.29 is 35.5 Å². The second-order valence-corrected chi connectivity index (χ2v) is 7.97. The molecular formula is C22H23ClF7N3O. The largest absolute Gasteiger partial charge is 0.416 e. The number of alkyl halides is 6. The number of urea groups is 1. The summed E-state index contributed by atoms with van der Waals surface area (Å²) in [7, 11) is 1.31. The standard InChI is InChI=1S/C22H22F7N3O.ClH/c1-13-7-17(23)3-4-18(13)19-11-30-5-6-32(19)20(33)31(2)12-14-8-15(21(24,25)26)10-16(9-14)22(27,28)29;/h3-4,7-10,19,30H,5-6,11-12H2,1-2H3;1H. The van der Waals surface area contributed by atoms with Gasteiger partial charge in [0.15, 0.2) is 0 Å². The number of halogens is 8. The maximum atomic E-state index is 13.5. The molecule has 1 aliphatic rings. The van der Waals surface area contributed by atoms with E-state index in [4.69, 9.17) is 0 Å². The van der Waals surface area contributed by atoms with Gasteiger partial charge in [-0.2, -0.15) is 26.3 Å². The molecule has 3 rings (SSSR count). The van der Waals surface area contributed by atoms with Gasteiger partial charge >= 0.3 is 18.4 Å². The minimum Gasteiger partial charge on any atom is -0.323 e. The number of carbonyl (C=O) groups excluding carboxylic acids is 1. The maximum absolute atomic E-state index is 13.5. The number of amides is 2. The summed E-state index contributed by atoms with van der Waals surface area (Å²) in [6, 6.07) is 4.40. The number of carbonyl (C=O) groups is 1. The van der Waals surface area contributed by atoms with Crippen LogP contribution in [0.1, 0.15) is 33.9 Å². The Hall–Kier alpha value is -2.53. The summed E-state index contributed by atoms with van der Waals surface area (Å²) in [4.78, 5) is 15.7. The topological polar surface area (TPSA) is 35.6 Å². The van der Waals surface area contributed by atoms with Crippen LogP contribution in [0.2, 0.25) is 0 Å². The quantitative estimate of drug-likeness (QED) is 0.527. The van der Waals surface area contributed by atoms with Gasteiger partial charge < -0.3 is 15.1 Å². The van der Waals surface area contributed by atoms with Gasteiger partial charge in [-0.25, -0.2) is 9.18 Å². The fourth-order valence-electron chi connectivity index (χ4n) is 3.90. The zero-order chi connectivity index (χ0) is 24.6. The van der Waals surface area contributed by atoms with Crippen molar-refractivity contribution in [2.75, 3.05) is 26.7 Å². The van der Waals surface area contributed by atoms with Crippen LogP contribution < -0.4 is 5.32 Å². The molecule has 2 aromatic rings. The first-order valence-corrected chi connectivity index (χ1v) is 10.0. The van der Waals surface area contributed by atoms with E-state index < -0.39 is 47.9 Å². The van der Waals surface area contributed by atoms with Crippen LogP contribution in [0, 0.1) is 12.7 Å². The van der Waals surface area contributed by atoms with Crippen LogP contribution in [0.5, 0.6) is 0 Å². The minimum absolute atomic E-state index is 0. The van der Waals surface area contributed by atoms with Crippen molar-refractivity contribution in [1.29, 1.82) is 0 Å². The van der Waals surface area contributed by atoms with Crippen molar-refractivity contribution in [3.8, 4) is 0 Å². The highest BCUT2D eigenvalue weighted by atomic mass is 35.5. The number of piperazine rings is 1. The van der Waals surface area contributed by atoms with Crippen LogP contribution in [0.15, 0.2) is 36.4 Å². The zero-order valence-electron chi connectivity index (χ0n) is 18.2. The highest BCUT2D eigenvalue weighted by Crippen LogP contribution is 2.36. The van der Waals surface area contributed by atoms with E-state index in [0.29, 0.717) is 36.3 Å². The lowest BCUT2D eigenvalue weighted by molar-refractivity contribution is -0.143. The highest BCUT2D eigenvalue weighted by molar-refractivity contribution is 5.85. The number of nitrogens with one attached hydrogen (secondary N) is 1. The summed E-state index contributed by atoms with van der Waals surface area (Å²) in [5.41, 5.74) is -1.84. The molecule has 34 heavy (non-hydrogen) atoms. The molecular weight excluding hydrogens is 491 g/mol. The van der Waals surface area contributed by atoms with Crippen molar-refractivity contribution >= 4 is 18.4 Å². The Morgan fingerprint density at radius 2 is 1.65 bits per heavy atom. The van der Waals surface area contributed by atoms with Crippen molar-refractivity contribution in [3.05, 3.63) is 70.0 Å². The van der Waals surface area contributed by atoms with E-state index >= 15 is 0 Å².